The van der Waals surface area contributed by atoms with Crippen molar-refractivity contribution in [3.8, 4) is 0 Å². The molecule has 1 aliphatic heterocycles. The third kappa shape index (κ3) is 6.46. The highest BCUT2D eigenvalue weighted by atomic mass is 19.2. The first-order valence-corrected chi connectivity index (χ1v) is 10.4. The molecule has 0 saturated heterocycles. The third-order valence-electron chi connectivity index (χ3n) is 4.95. The van der Waals surface area contributed by atoms with Gasteiger partial charge in [0, 0.05) is 29.9 Å². The highest BCUT2D eigenvalue weighted by molar-refractivity contribution is 5.96. The van der Waals surface area contributed by atoms with Gasteiger partial charge in [0.1, 0.15) is 18.0 Å². The molecule has 3 rings (SSSR count). The Balaban J connectivity index is 1.90. The monoisotopic (exact) mass is 499 g/mol. The van der Waals surface area contributed by atoms with E-state index in [0.717, 1.165) is 17.0 Å². The molecule has 1 unspecified atom stereocenters. The predicted octanol–water partition coefficient (Wildman–Crippen LogP) is 4.32. The maximum absolute atomic E-state index is 14.5. The van der Waals surface area contributed by atoms with Crippen LogP contribution in [-0.4, -0.2) is 35.0 Å². The number of carbonyl (C=O) groups excluding carboxylic acids is 3. The summed E-state index contributed by atoms with van der Waals surface area (Å²) in [6.45, 7) is 3.83. The van der Waals surface area contributed by atoms with Gasteiger partial charge in [-0.25, -0.2) is 26.7 Å². The van der Waals surface area contributed by atoms with Crippen LogP contribution in [0.5, 0.6) is 0 Å². The Labute approximate surface area is 197 Å². The molecule has 12 heteroatoms. The maximum Gasteiger partial charge on any atom is 0.408 e. The number of carbonyl (C=O) groups is 3. The first-order valence-electron chi connectivity index (χ1n) is 10.4. The number of hydrogen-bond donors (Lipinski definition) is 2. The molecule has 0 radical (unpaired) electrons. The number of nitrogens with one attached hydrogen (secondary N) is 2. The molecule has 0 aromatic heterocycles. The van der Waals surface area contributed by atoms with Gasteiger partial charge in [0.15, 0.2) is 23.3 Å². The molecule has 35 heavy (non-hydrogen) atoms. The maximum atomic E-state index is 14.5. The number of fused-ring (bicyclic) bond motifs is 1. The van der Waals surface area contributed by atoms with E-state index < -0.39 is 77.2 Å². The van der Waals surface area contributed by atoms with E-state index in [1.54, 1.807) is 20.8 Å². The number of amides is 3. The number of hydrogen-bond acceptors (Lipinski definition) is 4. The summed E-state index contributed by atoms with van der Waals surface area (Å²) in [7, 11) is 0. The molecule has 1 aliphatic rings. The van der Waals surface area contributed by atoms with Crippen molar-refractivity contribution in [2.75, 3.05) is 11.9 Å². The van der Waals surface area contributed by atoms with Crippen molar-refractivity contribution in [2.45, 2.75) is 45.4 Å². The molecular weight excluding hydrogens is 477 g/mol. The fourth-order valence-corrected chi connectivity index (χ4v) is 3.43. The number of nitrogens with zero attached hydrogens (tertiary/aromatic N) is 1. The molecule has 0 saturated carbocycles. The SMILES string of the molecule is CC(C)(C)OC(=O)NC(CC(=O)N1CC(=O)Nc2cc(F)c(F)cc2C1)c1cc(F)c(F)cc1F. The second-order valence-corrected chi connectivity index (χ2v) is 8.91. The van der Waals surface area contributed by atoms with Gasteiger partial charge in [-0.05, 0) is 38.5 Å². The Morgan fingerprint density at radius 2 is 1.57 bits per heavy atom. The minimum atomic E-state index is -1.51. The molecule has 188 valence electrons. The summed E-state index contributed by atoms with van der Waals surface area (Å²) >= 11 is 0. The van der Waals surface area contributed by atoms with Gasteiger partial charge >= 0.3 is 6.09 Å². The number of alkyl carbamates (subject to hydrolysis) is 1. The summed E-state index contributed by atoms with van der Waals surface area (Å²) in [6.07, 6.45) is -1.75. The van der Waals surface area contributed by atoms with E-state index in [1.807, 2.05) is 0 Å². The summed E-state index contributed by atoms with van der Waals surface area (Å²) in [4.78, 5) is 38.6. The summed E-state index contributed by atoms with van der Waals surface area (Å²) in [6, 6.07) is 0.861. The average molecular weight is 499 g/mol. The Kier molecular flexibility index (Phi) is 7.32. The first-order chi connectivity index (χ1) is 16.2. The number of anilines is 1. The minimum absolute atomic E-state index is 0.0284. The van der Waals surface area contributed by atoms with Crippen LogP contribution in [0.3, 0.4) is 0 Å². The number of halogens is 5. The smallest absolute Gasteiger partial charge is 0.408 e. The van der Waals surface area contributed by atoms with Gasteiger partial charge in [-0.15, -0.1) is 0 Å². The average Bonchev–Trinajstić information content (AvgIpc) is 2.87. The van der Waals surface area contributed by atoms with Gasteiger partial charge in [0.05, 0.1) is 12.5 Å². The topological polar surface area (TPSA) is 87.7 Å². The Morgan fingerprint density at radius 3 is 2.23 bits per heavy atom. The molecular formula is C23H22F5N3O4. The summed E-state index contributed by atoms with van der Waals surface area (Å²) in [5.74, 6) is -8.02. The van der Waals surface area contributed by atoms with Crippen molar-refractivity contribution < 1.29 is 41.1 Å². The fourth-order valence-electron chi connectivity index (χ4n) is 3.43. The van der Waals surface area contributed by atoms with Gasteiger partial charge in [-0.3, -0.25) is 9.59 Å². The van der Waals surface area contributed by atoms with E-state index >= 15 is 0 Å². The quantitative estimate of drug-likeness (QED) is 0.485. The largest absolute Gasteiger partial charge is 0.444 e. The van der Waals surface area contributed by atoms with Gasteiger partial charge < -0.3 is 20.3 Å². The lowest BCUT2D eigenvalue weighted by atomic mass is 10.0. The first kappa shape index (κ1) is 25.9. The molecule has 1 heterocycles. The molecule has 0 aliphatic carbocycles. The molecule has 2 N–H and O–H groups in total. The van der Waals surface area contributed by atoms with Crippen molar-refractivity contribution >= 4 is 23.6 Å². The summed E-state index contributed by atoms with van der Waals surface area (Å²) in [5, 5.41) is 4.62. The zero-order valence-electron chi connectivity index (χ0n) is 19.0. The van der Waals surface area contributed by atoms with E-state index in [2.05, 4.69) is 10.6 Å². The van der Waals surface area contributed by atoms with Crippen LogP contribution in [0.25, 0.3) is 0 Å². The lowest BCUT2D eigenvalue weighted by Crippen LogP contribution is -2.40. The van der Waals surface area contributed by atoms with Crippen LogP contribution >= 0.6 is 0 Å². The van der Waals surface area contributed by atoms with Gasteiger partial charge in [0.2, 0.25) is 11.8 Å². The molecule has 0 fully saturated rings. The number of rotatable bonds is 4. The van der Waals surface area contributed by atoms with E-state index in [0.29, 0.717) is 6.07 Å². The van der Waals surface area contributed by atoms with Crippen LogP contribution in [-0.2, 0) is 20.9 Å². The lowest BCUT2D eigenvalue weighted by Gasteiger charge is -2.26. The van der Waals surface area contributed by atoms with Gasteiger partial charge in [-0.1, -0.05) is 0 Å². The van der Waals surface area contributed by atoms with Crippen molar-refractivity contribution in [3.63, 3.8) is 0 Å². The Bertz CT molecular complexity index is 1180. The second kappa shape index (κ2) is 9.88. The van der Waals surface area contributed by atoms with E-state index in [4.69, 9.17) is 4.74 Å². The summed E-state index contributed by atoms with van der Waals surface area (Å²) < 4.78 is 74.2. The zero-order chi connectivity index (χ0) is 26.1. The van der Waals surface area contributed by atoms with E-state index in [-0.39, 0.29) is 23.9 Å². The Hall–Kier alpha value is -3.70. The second-order valence-electron chi connectivity index (χ2n) is 8.91. The minimum Gasteiger partial charge on any atom is -0.444 e. The standard InChI is InChI=1S/C23H22F5N3O4/c1-23(2,3)35-22(34)30-19(12-5-15(26)16(27)6-13(12)24)8-21(33)31-9-11-4-14(25)17(28)7-18(11)29-20(32)10-31/h4-7,19H,8-10H2,1-3H3,(H,29,32)(H,30,34). The molecule has 2 aromatic carbocycles. The molecule has 1 atom stereocenters. The Morgan fingerprint density at radius 1 is 0.971 bits per heavy atom. The van der Waals surface area contributed by atoms with Crippen molar-refractivity contribution in [2.24, 2.45) is 0 Å². The van der Waals surface area contributed by atoms with Crippen molar-refractivity contribution in [3.05, 3.63) is 64.5 Å². The fraction of sp³-hybridized carbons (Fsp3) is 0.348. The van der Waals surface area contributed by atoms with Crippen LogP contribution in [0.1, 0.15) is 44.4 Å². The molecule has 2 aromatic rings. The number of ether oxygens (including phenoxy) is 1. The van der Waals surface area contributed by atoms with Gasteiger partial charge in [-0.2, -0.15) is 0 Å². The van der Waals surface area contributed by atoms with E-state index in [9.17, 15) is 36.3 Å². The lowest BCUT2D eigenvalue weighted by molar-refractivity contribution is -0.135. The summed E-state index contributed by atoms with van der Waals surface area (Å²) in [5.41, 5.74) is -1.43. The van der Waals surface area contributed by atoms with Crippen LogP contribution in [0.2, 0.25) is 0 Å². The number of benzene rings is 2. The van der Waals surface area contributed by atoms with E-state index in [1.165, 1.54) is 0 Å². The van der Waals surface area contributed by atoms with Crippen molar-refractivity contribution in [1.82, 2.24) is 10.2 Å². The highest BCUT2D eigenvalue weighted by Gasteiger charge is 2.30. The normalized spacial score (nSPS) is 14.5. The van der Waals surface area contributed by atoms with Crippen LogP contribution < -0.4 is 10.6 Å². The van der Waals surface area contributed by atoms with Gasteiger partial charge in [0.25, 0.3) is 0 Å². The van der Waals surface area contributed by atoms with Crippen LogP contribution in [0.15, 0.2) is 24.3 Å². The molecule has 0 bridgehead atoms. The highest BCUT2D eigenvalue weighted by Crippen LogP contribution is 2.28. The van der Waals surface area contributed by atoms with Crippen LogP contribution in [0, 0.1) is 29.1 Å². The molecule has 0 spiro atoms. The molecule has 3 amide bonds. The zero-order valence-corrected chi connectivity index (χ0v) is 19.0. The molecule has 7 nitrogen and oxygen atoms in total. The predicted molar refractivity (Wildman–Crippen MR) is 113 cm³/mol. The third-order valence-corrected chi connectivity index (χ3v) is 4.95. The van der Waals surface area contributed by atoms with Crippen LogP contribution in [0.4, 0.5) is 32.4 Å². The van der Waals surface area contributed by atoms with Crippen molar-refractivity contribution in [1.29, 1.82) is 0 Å².